The van der Waals surface area contributed by atoms with Crippen molar-refractivity contribution >= 4 is 0 Å². The fraction of sp³-hybridized carbons (Fsp3) is 0.600. The molecule has 0 bridgehead atoms. The van der Waals surface area contributed by atoms with E-state index in [0.717, 1.165) is 31.7 Å². The van der Waals surface area contributed by atoms with Crippen LogP contribution >= 0.6 is 0 Å². The molecular formula is C15H20F3N. The Bertz CT molecular complexity index is 461. The van der Waals surface area contributed by atoms with E-state index in [-0.39, 0.29) is 5.56 Å². The minimum Gasteiger partial charge on any atom is -0.321 e. The lowest BCUT2D eigenvalue weighted by Gasteiger charge is -2.29. The maximum absolute atomic E-state index is 13.9. The molecule has 1 aromatic rings. The Labute approximate surface area is 112 Å². The Balaban J connectivity index is 2.32. The van der Waals surface area contributed by atoms with Crippen molar-refractivity contribution < 1.29 is 13.2 Å². The summed E-state index contributed by atoms with van der Waals surface area (Å²) in [7, 11) is 0. The summed E-state index contributed by atoms with van der Waals surface area (Å²) in [6.07, 6.45) is 5.19. The van der Waals surface area contributed by atoms with Crippen LogP contribution < -0.4 is 5.73 Å². The highest BCUT2D eigenvalue weighted by molar-refractivity contribution is 5.28. The van der Waals surface area contributed by atoms with Crippen LogP contribution in [0.2, 0.25) is 0 Å². The van der Waals surface area contributed by atoms with E-state index < -0.39 is 23.0 Å². The fourth-order valence-corrected chi connectivity index (χ4v) is 3.03. The zero-order valence-corrected chi connectivity index (χ0v) is 11.2. The molecule has 1 aliphatic rings. The molecule has 1 aliphatic carbocycles. The molecule has 1 nitrogen and oxygen atoms in total. The average molecular weight is 271 g/mol. The first-order valence-corrected chi connectivity index (χ1v) is 6.91. The van der Waals surface area contributed by atoms with Crippen molar-refractivity contribution in [2.75, 3.05) is 0 Å². The lowest BCUT2D eigenvalue weighted by molar-refractivity contribution is 0.344. The first kappa shape index (κ1) is 14.4. The molecule has 0 radical (unpaired) electrons. The molecule has 0 amide bonds. The molecule has 2 unspecified atom stereocenters. The standard InChI is InChI=1S/C15H20F3N/c1-2-10-4-3-8-15(19,9-7-10)11-5-6-12(16)14(18)13(11)17/h5-6,10H,2-4,7-9,19H2,1H3. The molecule has 2 atom stereocenters. The smallest absolute Gasteiger partial charge is 0.194 e. The number of benzene rings is 1. The minimum atomic E-state index is -1.42. The molecule has 2 rings (SSSR count). The summed E-state index contributed by atoms with van der Waals surface area (Å²) in [4.78, 5) is 0. The Hall–Kier alpha value is -1.03. The van der Waals surface area contributed by atoms with Crippen molar-refractivity contribution in [2.45, 2.75) is 51.0 Å². The highest BCUT2D eigenvalue weighted by atomic mass is 19.2. The summed E-state index contributed by atoms with van der Waals surface area (Å²) in [6.45, 7) is 2.13. The molecule has 0 spiro atoms. The van der Waals surface area contributed by atoms with Crippen molar-refractivity contribution in [3.05, 3.63) is 35.1 Å². The number of hydrogen-bond acceptors (Lipinski definition) is 1. The van der Waals surface area contributed by atoms with Crippen LogP contribution in [0.3, 0.4) is 0 Å². The zero-order valence-electron chi connectivity index (χ0n) is 11.2. The predicted molar refractivity (Wildman–Crippen MR) is 69.0 cm³/mol. The van der Waals surface area contributed by atoms with Gasteiger partial charge in [-0.15, -0.1) is 0 Å². The Morgan fingerprint density at radius 2 is 1.89 bits per heavy atom. The molecule has 0 aliphatic heterocycles. The molecule has 1 aromatic carbocycles. The number of nitrogens with two attached hydrogens (primary N) is 1. The number of hydrogen-bond donors (Lipinski definition) is 1. The van der Waals surface area contributed by atoms with E-state index in [4.69, 9.17) is 5.73 Å². The van der Waals surface area contributed by atoms with Crippen molar-refractivity contribution in [3.8, 4) is 0 Å². The van der Waals surface area contributed by atoms with E-state index in [2.05, 4.69) is 6.92 Å². The second-order valence-corrected chi connectivity index (χ2v) is 5.58. The van der Waals surface area contributed by atoms with Crippen molar-refractivity contribution in [1.29, 1.82) is 0 Å². The van der Waals surface area contributed by atoms with Crippen molar-refractivity contribution in [3.63, 3.8) is 0 Å². The van der Waals surface area contributed by atoms with Gasteiger partial charge in [0.2, 0.25) is 0 Å². The van der Waals surface area contributed by atoms with Gasteiger partial charge in [-0.3, -0.25) is 0 Å². The van der Waals surface area contributed by atoms with Gasteiger partial charge in [0.25, 0.3) is 0 Å². The van der Waals surface area contributed by atoms with Crippen LogP contribution in [0.5, 0.6) is 0 Å². The van der Waals surface area contributed by atoms with Gasteiger partial charge in [-0.2, -0.15) is 0 Å². The quantitative estimate of drug-likeness (QED) is 0.631. The largest absolute Gasteiger partial charge is 0.321 e. The fourth-order valence-electron chi connectivity index (χ4n) is 3.03. The highest BCUT2D eigenvalue weighted by Crippen LogP contribution is 2.38. The summed E-state index contributed by atoms with van der Waals surface area (Å²) in [5.41, 5.74) is 5.53. The van der Waals surface area contributed by atoms with E-state index in [0.29, 0.717) is 18.8 Å². The summed E-state index contributed by atoms with van der Waals surface area (Å²) in [5.74, 6) is -3.11. The maximum Gasteiger partial charge on any atom is 0.194 e. The van der Waals surface area contributed by atoms with Crippen LogP contribution in [0.1, 0.15) is 51.0 Å². The van der Waals surface area contributed by atoms with Gasteiger partial charge >= 0.3 is 0 Å². The first-order chi connectivity index (χ1) is 8.98. The van der Waals surface area contributed by atoms with Crippen LogP contribution in [0.25, 0.3) is 0 Å². The van der Waals surface area contributed by atoms with Gasteiger partial charge in [0.1, 0.15) is 0 Å². The normalized spacial score (nSPS) is 28.2. The summed E-state index contributed by atoms with van der Waals surface area (Å²) < 4.78 is 40.3. The minimum absolute atomic E-state index is 0.114. The monoisotopic (exact) mass is 271 g/mol. The van der Waals surface area contributed by atoms with Crippen LogP contribution in [0, 0.1) is 23.4 Å². The molecule has 0 saturated heterocycles. The summed E-state index contributed by atoms with van der Waals surface area (Å²) in [6, 6.07) is 2.25. The van der Waals surface area contributed by atoms with Crippen molar-refractivity contribution in [1.82, 2.24) is 0 Å². The maximum atomic E-state index is 13.9. The van der Waals surface area contributed by atoms with Gasteiger partial charge in [0.05, 0.1) is 0 Å². The molecule has 0 heterocycles. The second-order valence-electron chi connectivity index (χ2n) is 5.58. The Morgan fingerprint density at radius 1 is 1.16 bits per heavy atom. The van der Waals surface area contributed by atoms with E-state index in [1.165, 1.54) is 6.07 Å². The molecule has 4 heteroatoms. The predicted octanol–water partition coefficient (Wildman–Crippen LogP) is 4.25. The van der Waals surface area contributed by atoms with E-state index in [1.807, 2.05) is 0 Å². The van der Waals surface area contributed by atoms with Gasteiger partial charge in [0.15, 0.2) is 17.5 Å². The summed E-state index contributed by atoms with van der Waals surface area (Å²) >= 11 is 0. The molecule has 0 aromatic heterocycles. The molecule has 2 N–H and O–H groups in total. The molecular weight excluding hydrogens is 251 g/mol. The van der Waals surface area contributed by atoms with Crippen molar-refractivity contribution in [2.24, 2.45) is 11.7 Å². The van der Waals surface area contributed by atoms with Gasteiger partial charge < -0.3 is 5.73 Å². The lowest BCUT2D eigenvalue weighted by Crippen LogP contribution is -2.37. The highest BCUT2D eigenvalue weighted by Gasteiger charge is 2.34. The SMILES string of the molecule is CCC1CCCC(N)(c2ccc(F)c(F)c2F)CC1. The van der Waals surface area contributed by atoms with Gasteiger partial charge in [-0.05, 0) is 31.2 Å². The third kappa shape index (κ3) is 2.78. The topological polar surface area (TPSA) is 26.0 Å². The molecule has 1 fully saturated rings. The van der Waals surface area contributed by atoms with Crippen LogP contribution in [0.15, 0.2) is 12.1 Å². The second kappa shape index (κ2) is 5.53. The molecule has 19 heavy (non-hydrogen) atoms. The Morgan fingerprint density at radius 3 is 2.58 bits per heavy atom. The Kier molecular flexibility index (Phi) is 4.19. The third-order valence-corrected chi connectivity index (χ3v) is 4.38. The first-order valence-electron chi connectivity index (χ1n) is 6.91. The van der Waals surface area contributed by atoms with E-state index >= 15 is 0 Å². The zero-order chi connectivity index (χ0) is 14.0. The van der Waals surface area contributed by atoms with Crippen LogP contribution in [-0.4, -0.2) is 0 Å². The van der Waals surface area contributed by atoms with E-state index in [9.17, 15) is 13.2 Å². The molecule has 106 valence electrons. The number of rotatable bonds is 2. The average Bonchev–Trinajstić information content (AvgIpc) is 2.58. The molecule has 1 saturated carbocycles. The van der Waals surface area contributed by atoms with Gasteiger partial charge in [-0.1, -0.05) is 32.3 Å². The van der Waals surface area contributed by atoms with E-state index in [1.54, 1.807) is 0 Å². The van der Waals surface area contributed by atoms with Crippen LogP contribution in [-0.2, 0) is 5.54 Å². The van der Waals surface area contributed by atoms with Gasteiger partial charge in [0, 0.05) is 11.1 Å². The third-order valence-electron chi connectivity index (χ3n) is 4.38. The van der Waals surface area contributed by atoms with Crippen LogP contribution in [0.4, 0.5) is 13.2 Å². The van der Waals surface area contributed by atoms with Gasteiger partial charge in [-0.25, -0.2) is 13.2 Å². The number of halogens is 3. The lowest BCUT2D eigenvalue weighted by atomic mass is 9.83. The summed E-state index contributed by atoms with van der Waals surface area (Å²) in [5, 5.41) is 0.